The second kappa shape index (κ2) is 19.0. The van der Waals surface area contributed by atoms with Crippen LogP contribution in [0.3, 0.4) is 0 Å². The fraction of sp³-hybridized carbons (Fsp3) is 0.714. The molecule has 3 N–H and O–H groups in total. The molecule has 15 atom stereocenters. The van der Waals surface area contributed by atoms with Crippen molar-refractivity contribution in [2.24, 2.45) is 34.5 Å². The number of piperidine rings is 1. The number of nitrogens with zero attached hydrogens (tertiary/aromatic N) is 1. The van der Waals surface area contributed by atoms with Gasteiger partial charge in [-0.3, -0.25) is 4.79 Å². The molecular weight excluding hydrogens is 779 g/mol. The van der Waals surface area contributed by atoms with Crippen molar-refractivity contribution >= 4 is 11.9 Å². The second-order valence-corrected chi connectivity index (χ2v) is 18.8. The van der Waals surface area contributed by atoms with E-state index in [0.717, 1.165) is 51.4 Å². The van der Waals surface area contributed by atoms with Crippen LogP contribution < -0.4 is 0 Å². The molecule has 0 amide bonds. The van der Waals surface area contributed by atoms with Gasteiger partial charge in [0.05, 0.1) is 30.5 Å². The number of hydrogen-bond acceptors (Lipinski definition) is 12. The van der Waals surface area contributed by atoms with Gasteiger partial charge in [-0.1, -0.05) is 80.8 Å². The first kappa shape index (κ1) is 46.1. The Bertz CT molecular complexity index is 1750. The molecule has 0 aromatic heterocycles. The monoisotopic (exact) mass is 850 g/mol. The highest BCUT2D eigenvalue weighted by Gasteiger charge is 2.92. The minimum atomic E-state index is -1.85. The number of aliphatic hydroxyl groups is 3. The van der Waals surface area contributed by atoms with Crippen LogP contribution in [0.2, 0.25) is 0 Å². The molecule has 7 bridgehead atoms. The van der Waals surface area contributed by atoms with Gasteiger partial charge in [0.15, 0.2) is 5.60 Å². The molecule has 6 aliphatic rings. The molecule has 1 aliphatic heterocycles. The van der Waals surface area contributed by atoms with E-state index in [2.05, 4.69) is 48.3 Å². The van der Waals surface area contributed by atoms with E-state index in [4.69, 9.17) is 28.4 Å². The maximum Gasteiger partial charge on any atom is 0.338 e. The third kappa shape index (κ3) is 7.38. The number of methoxy groups -OCH3 is 4. The number of carbonyl (C=O) groups excluding carboxylic acids is 2. The van der Waals surface area contributed by atoms with Crippen molar-refractivity contribution in [1.29, 1.82) is 0 Å². The summed E-state index contributed by atoms with van der Waals surface area (Å²) < 4.78 is 38.4. The lowest BCUT2D eigenvalue weighted by Gasteiger charge is -2.70. The fourth-order valence-corrected chi connectivity index (χ4v) is 14.1. The number of allylic oxidation sites excluding steroid dienone is 6. The maximum atomic E-state index is 14.5. The van der Waals surface area contributed by atoms with Gasteiger partial charge in [0.2, 0.25) is 0 Å². The van der Waals surface area contributed by atoms with Crippen LogP contribution in [0.15, 0.2) is 66.8 Å². The highest BCUT2D eigenvalue weighted by Crippen LogP contribution is 2.80. The predicted octanol–water partition coefficient (Wildman–Crippen LogP) is 5.83. The van der Waals surface area contributed by atoms with Gasteiger partial charge in [0.1, 0.15) is 23.9 Å². The zero-order valence-electron chi connectivity index (χ0n) is 37.2. The number of fused-ring (bicyclic) bond motifs is 2. The van der Waals surface area contributed by atoms with Crippen LogP contribution in [-0.4, -0.2) is 135 Å². The van der Waals surface area contributed by atoms with Crippen LogP contribution in [0.4, 0.5) is 0 Å². The zero-order chi connectivity index (χ0) is 43.6. The van der Waals surface area contributed by atoms with Gasteiger partial charge >= 0.3 is 11.9 Å². The van der Waals surface area contributed by atoms with Gasteiger partial charge < -0.3 is 48.6 Å². The number of benzene rings is 1. The van der Waals surface area contributed by atoms with Gasteiger partial charge in [0.25, 0.3) is 0 Å². The lowest BCUT2D eigenvalue weighted by atomic mass is 9.42. The average Bonchev–Trinajstić information content (AvgIpc) is 3.64. The van der Waals surface area contributed by atoms with Crippen LogP contribution in [-0.2, 0) is 33.2 Å². The molecule has 0 radical (unpaired) electrons. The molecule has 12 nitrogen and oxygen atoms in total. The van der Waals surface area contributed by atoms with Crippen LogP contribution in [0, 0.1) is 34.5 Å². The molecule has 7 rings (SSSR count). The van der Waals surface area contributed by atoms with E-state index >= 15 is 0 Å². The molecule has 1 aromatic carbocycles. The van der Waals surface area contributed by atoms with Crippen molar-refractivity contribution in [3.05, 3.63) is 72.4 Å². The summed E-state index contributed by atoms with van der Waals surface area (Å²) >= 11 is 0. The summed E-state index contributed by atoms with van der Waals surface area (Å²) in [5.74, 6) is -3.56. The Morgan fingerprint density at radius 1 is 0.852 bits per heavy atom. The second-order valence-electron chi connectivity index (χ2n) is 18.8. The normalized spacial score (nSPS) is 41.0. The molecule has 1 heterocycles. The first-order chi connectivity index (χ1) is 29.5. The Labute approximate surface area is 362 Å². The van der Waals surface area contributed by atoms with Crippen molar-refractivity contribution < 1.29 is 53.3 Å². The van der Waals surface area contributed by atoms with E-state index in [9.17, 15) is 24.9 Å². The third-order valence-corrected chi connectivity index (χ3v) is 15.9. The highest BCUT2D eigenvalue weighted by molar-refractivity contribution is 5.89. The Morgan fingerprint density at radius 3 is 2.21 bits per heavy atom. The lowest BCUT2D eigenvalue weighted by Crippen LogP contribution is -2.81. The summed E-state index contributed by atoms with van der Waals surface area (Å²) in [6.45, 7) is 2.84. The Kier molecular flexibility index (Phi) is 14.4. The van der Waals surface area contributed by atoms with Crippen molar-refractivity contribution in [2.75, 3.05) is 48.6 Å². The number of ether oxygens (including phenoxy) is 6. The standard InChI is InChI=1S/C49H71NO11/c1-7-8-9-10-11-12-13-14-15-16-17-18-19-20-24-27-36(52)61-49-37-33(29-47(55,44(59-6)42(49)53)43(37)60-45(54)32-25-22-21-23-26-32)48-35(57-4)28-34(51)46(31-56-3)30-50(2)41(48)38(49)39(58-5)40(46)48/h8-9,11-12,14-15,21-23,25-26,33-35,37-44,51,53,55H,7,10,13,16-20,24,27-31H2,1-6H3/b9-8-,12-11-,15-14-/t33-,34-,35+,37-,38+,39+,40-,41?,42+,43-,44+,46+,47-,48+,49-/m1/s1. The molecule has 1 spiro atoms. The fourth-order valence-electron chi connectivity index (χ4n) is 14.1. The van der Waals surface area contributed by atoms with Crippen molar-refractivity contribution in [3.63, 3.8) is 0 Å². The summed E-state index contributed by atoms with van der Waals surface area (Å²) in [6, 6.07) is 8.25. The minimum absolute atomic E-state index is 0.0742. The number of hydrogen-bond donors (Lipinski definition) is 3. The SMILES string of the molecule is CC/C=C\C/C=C\C/C=C\CCCCCCCC(=O)O[C@]12[C@H]3[C@@H](OC(=O)c4ccccc4)[C@](O)(C[C@H]3[C@@]34C5[C@@H]1[C@H](OC)[C@@H]3[C@](COC)(CN5C)[C@H](O)C[C@@H]4OC)[C@@H](OC)[C@@H]2O. The molecule has 1 aromatic rings. The number of unbranched alkanes of at least 4 members (excludes halogenated alkanes) is 5. The van der Waals surface area contributed by atoms with E-state index < -0.39 is 94.3 Å². The lowest BCUT2D eigenvalue weighted by molar-refractivity contribution is -0.321. The molecule has 5 aliphatic carbocycles. The largest absolute Gasteiger partial charge is 0.455 e. The summed E-state index contributed by atoms with van der Waals surface area (Å²) in [7, 11) is 8.36. The van der Waals surface area contributed by atoms with Crippen molar-refractivity contribution in [1.82, 2.24) is 4.90 Å². The molecule has 1 saturated heterocycles. The molecule has 12 heteroatoms. The van der Waals surface area contributed by atoms with E-state index in [1.807, 2.05) is 13.1 Å². The minimum Gasteiger partial charge on any atom is -0.455 e. The third-order valence-electron chi connectivity index (χ3n) is 15.9. The van der Waals surface area contributed by atoms with E-state index in [-0.39, 0.29) is 25.5 Å². The summed E-state index contributed by atoms with van der Waals surface area (Å²) in [5.41, 5.74) is -4.88. The molecule has 1 unspecified atom stereocenters. The zero-order valence-corrected chi connectivity index (χ0v) is 37.2. The van der Waals surface area contributed by atoms with Crippen LogP contribution >= 0.6 is 0 Å². The number of rotatable bonds is 21. The van der Waals surface area contributed by atoms with E-state index in [0.29, 0.717) is 24.9 Å². The van der Waals surface area contributed by atoms with E-state index in [1.165, 1.54) is 7.11 Å². The molecule has 6 fully saturated rings. The van der Waals surface area contributed by atoms with Crippen LogP contribution in [0.5, 0.6) is 0 Å². The molecule has 61 heavy (non-hydrogen) atoms. The average molecular weight is 850 g/mol. The first-order valence-corrected chi connectivity index (χ1v) is 22.8. The van der Waals surface area contributed by atoms with Gasteiger partial charge in [0, 0.05) is 82.5 Å². The van der Waals surface area contributed by atoms with Gasteiger partial charge in [-0.05, 0) is 70.0 Å². The molecular formula is C49H71NO11. The topological polar surface area (TPSA) is 153 Å². The number of likely N-dealkylation sites (tertiary alicyclic amines) is 1. The van der Waals surface area contributed by atoms with Gasteiger partial charge in [-0.15, -0.1) is 0 Å². The van der Waals surface area contributed by atoms with Crippen LogP contribution in [0.1, 0.15) is 94.3 Å². The molecule has 5 saturated carbocycles. The Hall–Kier alpha value is -2.94. The Balaban J connectivity index is 1.18. The van der Waals surface area contributed by atoms with Gasteiger partial charge in [-0.25, -0.2) is 4.79 Å². The maximum absolute atomic E-state index is 14.5. The summed E-state index contributed by atoms with van der Waals surface area (Å²) in [4.78, 5) is 30.8. The molecule has 338 valence electrons. The quantitative estimate of drug-likeness (QED) is 0.0776. The van der Waals surface area contributed by atoms with E-state index in [1.54, 1.807) is 45.6 Å². The van der Waals surface area contributed by atoms with Crippen molar-refractivity contribution in [2.45, 2.75) is 138 Å². The summed E-state index contributed by atoms with van der Waals surface area (Å²) in [5, 5.41) is 38.1. The number of esters is 2. The number of aliphatic hydroxyl groups excluding tert-OH is 2. The van der Waals surface area contributed by atoms with Gasteiger partial charge in [-0.2, -0.15) is 0 Å². The summed E-state index contributed by atoms with van der Waals surface area (Å²) in [6.07, 6.45) is 16.3. The Morgan fingerprint density at radius 2 is 1.54 bits per heavy atom. The van der Waals surface area contributed by atoms with Crippen LogP contribution in [0.25, 0.3) is 0 Å². The van der Waals surface area contributed by atoms with Crippen molar-refractivity contribution in [3.8, 4) is 0 Å². The predicted molar refractivity (Wildman–Crippen MR) is 229 cm³/mol. The first-order valence-electron chi connectivity index (χ1n) is 22.8. The number of carbonyl (C=O) groups is 2. The smallest absolute Gasteiger partial charge is 0.338 e. The highest BCUT2D eigenvalue weighted by atomic mass is 16.6.